The molecule has 0 saturated heterocycles. The van der Waals surface area contributed by atoms with E-state index in [4.69, 9.17) is 11.6 Å². The van der Waals surface area contributed by atoms with Crippen molar-refractivity contribution in [2.24, 2.45) is 0 Å². The molecular formula is C20H15ClF3N3O. The lowest BCUT2D eigenvalue weighted by Gasteiger charge is -2.12. The summed E-state index contributed by atoms with van der Waals surface area (Å²) in [4.78, 5) is 20.3. The van der Waals surface area contributed by atoms with Gasteiger partial charge in [0, 0.05) is 17.4 Å². The van der Waals surface area contributed by atoms with Gasteiger partial charge in [0.15, 0.2) is 0 Å². The lowest BCUT2D eigenvalue weighted by atomic mass is 10.1. The molecular weight excluding hydrogens is 391 g/mol. The molecule has 0 aliphatic rings. The fourth-order valence-electron chi connectivity index (χ4n) is 2.71. The van der Waals surface area contributed by atoms with E-state index in [0.29, 0.717) is 22.0 Å². The molecule has 3 aromatic rings. The largest absolute Gasteiger partial charge is 0.433 e. The van der Waals surface area contributed by atoms with E-state index in [1.807, 2.05) is 13.0 Å². The van der Waals surface area contributed by atoms with Crippen LogP contribution < -0.4 is 5.32 Å². The minimum Gasteiger partial charge on any atom is -0.322 e. The van der Waals surface area contributed by atoms with Gasteiger partial charge in [0.2, 0.25) is 0 Å². The smallest absolute Gasteiger partial charge is 0.322 e. The van der Waals surface area contributed by atoms with Gasteiger partial charge in [0.1, 0.15) is 5.69 Å². The molecule has 0 bridgehead atoms. The average molecular weight is 406 g/mol. The second-order valence-electron chi connectivity index (χ2n) is 6.14. The SMILES string of the molecule is Cc1cccnc1-c1cc(NC(=O)c2ccc(C(F)(F)F)nc2C)ccc1Cl. The summed E-state index contributed by atoms with van der Waals surface area (Å²) in [5.41, 5.74) is 1.67. The summed E-state index contributed by atoms with van der Waals surface area (Å²) in [6.07, 6.45) is -2.92. The molecule has 2 heterocycles. The van der Waals surface area contributed by atoms with Gasteiger partial charge in [-0.25, -0.2) is 4.98 Å². The van der Waals surface area contributed by atoms with Crippen LogP contribution in [0.4, 0.5) is 18.9 Å². The van der Waals surface area contributed by atoms with Gasteiger partial charge in [-0.05, 0) is 55.8 Å². The molecule has 0 unspecified atom stereocenters. The van der Waals surface area contributed by atoms with E-state index >= 15 is 0 Å². The zero-order valence-corrected chi connectivity index (χ0v) is 15.7. The number of benzene rings is 1. The van der Waals surface area contributed by atoms with Crippen molar-refractivity contribution >= 4 is 23.2 Å². The molecule has 1 amide bonds. The van der Waals surface area contributed by atoms with Crippen LogP contribution in [0.2, 0.25) is 5.02 Å². The van der Waals surface area contributed by atoms with Crippen molar-refractivity contribution in [3.05, 3.63) is 76.2 Å². The van der Waals surface area contributed by atoms with Crippen molar-refractivity contribution < 1.29 is 18.0 Å². The lowest BCUT2D eigenvalue weighted by Crippen LogP contribution is -2.16. The van der Waals surface area contributed by atoms with Crippen LogP contribution in [0.15, 0.2) is 48.7 Å². The summed E-state index contributed by atoms with van der Waals surface area (Å²) in [6.45, 7) is 3.25. The minimum absolute atomic E-state index is 0.0120. The number of nitrogens with one attached hydrogen (secondary N) is 1. The highest BCUT2D eigenvalue weighted by molar-refractivity contribution is 6.33. The summed E-state index contributed by atoms with van der Waals surface area (Å²) in [5.74, 6) is -0.565. The van der Waals surface area contributed by atoms with E-state index in [0.717, 1.165) is 17.7 Å². The standard InChI is InChI=1S/C20H15ClF3N3O/c1-11-4-3-9-25-18(11)15-10-13(5-7-16(15)21)27-19(28)14-6-8-17(20(22,23)24)26-12(14)2/h3-10H,1-2H3,(H,27,28). The summed E-state index contributed by atoms with van der Waals surface area (Å²) >= 11 is 6.27. The van der Waals surface area contributed by atoms with Gasteiger partial charge in [-0.15, -0.1) is 0 Å². The van der Waals surface area contributed by atoms with Crippen molar-refractivity contribution in [2.45, 2.75) is 20.0 Å². The van der Waals surface area contributed by atoms with Crippen LogP contribution in [0, 0.1) is 13.8 Å². The van der Waals surface area contributed by atoms with Crippen LogP contribution in [0.25, 0.3) is 11.3 Å². The molecule has 0 atom stereocenters. The highest BCUT2D eigenvalue weighted by Gasteiger charge is 2.33. The Balaban J connectivity index is 1.90. The fraction of sp³-hybridized carbons (Fsp3) is 0.150. The summed E-state index contributed by atoms with van der Waals surface area (Å²) in [6, 6.07) is 10.5. The van der Waals surface area contributed by atoms with Crippen LogP contribution in [0.1, 0.15) is 27.3 Å². The van der Waals surface area contributed by atoms with Crippen molar-refractivity contribution in [1.29, 1.82) is 0 Å². The molecule has 8 heteroatoms. The Kier molecular flexibility index (Phi) is 5.38. The Morgan fingerprint density at radius 1 is 1.11 bits per heavy atom. The number of amides is 1. The number of anilines is 1. The van der Waals surface area contributed by atoms with E-state index in [-0.39, 0.29) is 11.3 Å². The highest BCUT2D eigenvalue weighted by Crippen LogP contribution is 2.32. The van der Waals surface area contributed by atoms with E-state index in [9.17, 15) is 18.0 Å². The second-order valence-corrected chi connectivity index (χ2v) is 6.55. The number of halogens is 4. The van der Waals surface area contributed by atoms with E-state index in [1.54, 1.807) is 30.5 Å². The lowest BCUT2D eigenvalue weighted by molar-refractivity contribution is -0.141. The molecule has 0 radical (unpaired) electrons. The topological polar surface area (TPSA) is 54.9 Å². The van der Waals surface area contributed by atoms with Crippen molar-refractivity contribution in [1.82, 2.24) is 9.97 Å². The van der Waals surface area contributed by atoms with E-state index in [2.05, 4.69) is 15.3 Å². The molecule has 0 spiro atoms. The number of aromatic nitrogens is 2. The molecule has 2 aromatic heterocycles. The molecule has 3 rings (SSSR count). The van der Waals surface area contributed by atoms with Crippen molar-refractivity contribution in [3.8, 4) is 11.3 Å². The highest BCUT2D eigenvalue weighted by atomic mass is 35.5. The first-order chi connectivity index (χ1) is 13.2. The number of rotatable bonds is 3. The third-order valence-electron chi connectivity index (χ3n) is 4.11. The fourth-order valence-corrected chi connectivity index (χ4v) is 2.92. The number of nitrogens with zero attached hydrogens (tertiary/aromatic N) is 2. The molecule has 1 aromatic carbocycles. The predicted molar refractivity (Wildman–Crippen MR) is 101 cm³/mol. The van der Waals surface area contributed by atoms with Gasteiger partial charge in [-0.3, -0.25) is 9.78 Å². The number of carbonyl (C=O) groups is 1. The van der Waals surface area contributed by atoms with E-state index < -0.39 is 17.8 Å². The Hall–Kier alpha value is -2.93. The Morgan fingerprint density at radius 2 is 1.86 bits per heavy atom. The molecule has 144 valence electrons. The first-order valence-corrected chi connectivity index (χ1v) is 8.62. The zero-order chi connectivity index (χ0) is 20.5. The van der Waals surface area contributed by atoms with Crippen LogP contribution >= 0.6 is 11.6 Å². The maximum absolute atomic E-state index is 12.7. The molecule has 4 nitrogen and oxygen atoms in total. The molecule has 0 aliphatic carbocycles. The van der Waals surface area contributed by atoms with Gasteiger partial charge in [0.25, 0.3) is 5.91 Å². The Morgan fingerprint density at radius 3 is 2.50 bits per heavy atom. The molecule has 0 fully saturated rings. The normalized spacial score (nSPS) is 11.4. The number of hydrogen-bond acceptors (Lipinski definition) is 3. The summed E-state index contributed by atoms with van der Waals surface area (Å²) < 4.78 is 38.2. The molecule has 0 saturated carbocycles. The number of aryl methyl sites for hydroxylation is 2. The first-order valence-electron chi connectivity index (χ1n) is 8.24. The van der Waals surface area contributed by atoms with Crippen molar-refractivity contribution in [2.75, 3.05) is 5.32 Å². The van der Waals surface area contributed by atoms with Crippen LogP contribution in [0.3, 0.4) is 0 Å². The summed E-state index contributed by atoms with van der Waals surface area (Å²) in [7, 11) is 0. The number of pyridine rings is 2. The average Bonchev–Trinajstić information content (AvgIpc) is 2.63. The second kappa shape index (κ2) is 7.59. The van der Waals surface area contributed by atoms with Gasteiger partial charge in [-0.2, -0.15) is 13.2 Å². The Bertz CT molecular complexity index is 1050. The predicted octanol–water partition coefficient (Wildman–Crippen LogP) is 5.68. The van der Waals surface area contributed by atoms with Crippen molar-refractivity contribution in [3.63, 3.8) is 0 Å². The quantitative estimate of drug-likeness (QED) is 0.609. The maximum atomic E-state index is 12.7. The summed E-state index contributed by atoms with van der Waals surface area (Å²) in [5, 5.41) is 3.13. The molecule has 28 heavy (non-hydrogen) atoms. The van der Waals surface area contributed by atoms with Crippen LogP contribution in [-0.4, -0.2) is 15.9 Å². The third kappa shape index (κ3) is 4.14. The van der Waals surface area contributed by atoms with E-state index in [1.165, 1.54) is 6.92 Å². The molecule has 0 aliphatic heterocycles. The zero-order valence-electron chi connectivity index (χ0n) is 14.9. The van der Waals surface area contributed by atoms with Crippen LogP contribution in [-0.2, 0) is 6.18 Å². The number of carbonyl (C=O) groups excluding carboxylic acids is 1. The third-order valence-corrected chi connectivity index (χ3v) is 4.44. The molecule has 1 N–H and O–H groups in total. The number of hydrogen-bond donors (Lipinski definition) is 1. The monoisotopic (exact) mass is 405 g/mol. The van der Waals surface area contributed by atoms with Gasteiger partial charge in [-0.1, -0.05) is 17.7 Å². The van der Waals surface area contributed by atoms with Gasteiger partial charge >= 0.3 is 6.18 Å². The Labute approximate surface area is 164 Å². The maximum Gasteiger partial charge on any atom is 0.433 e. The first kappa shape index (κ1) is 19.8. The van der Waals surface area contributed by atoms with Gasteiger partial charge in [0.05, 0.1) is 22.0 Å². The van der Waals surface area contributed by atoms with Gasteiger partial charge < -0.3 is 5.32 Å². The van der Waals surface area contributed by atoms with Crippen LogP contribution in [0.5, 0.6) is 0 Å². The number of alkyl halides is 3. The minimum atomic E-state index is -4.56.